The molecule has 47 heavy (non-hydrogen) atoms. The quantitative estimate of drug-likeness (QED) is 0.175. The lowest BCUT2D eigenvalue weighted by Gasteiger charge is -2.45. The minimum Gasteiger partial charge on any atom is -0.466 e. The first kappa shape index (κ1) is 30.6. The number of carbonyl (C=O) groups is 2. The first-order chi connectivity index (χ1) is 23.1. The van der Waals surface area contributed by atoms with Crippen LogP contribution in [0.1, 0.15) is 48.4 Å². The topological polar surface area (TPSA) is 61.8 Å². The van der Waals surface area contributed by atoms with E-state index in [0.717, 1.165) is 57.4 Å². The Kier molecular flexibility index (Phi) is 8.25. The monoisotopic (exact) mass is 622 g/mol. The smallest absolute Gasteiger partial charge is 0.337 e. The number of hydrogen-bond donors (Lipinski definition) is 0. The number of fused-ring (bicyclic) bond motifs is 5. The normalized spacial score (nSPS) is 23.2. The summed E-state index contributed by atoms with van der Waals surface area (Å²) in [6.45, 7) is 2.13. The summed E-state index contributed by atoms with van der Waals surface area (Å²) in [6.07, 6.45) is 1.52. The summed E-state index contributed by atoms with van der Waals surface area (Å²) >= 11 is 0. The van der Waals surface area contributed by atoms with Gasteiger partial charge in [-0.3, -0.25) is 0 Å². The second-order valence-corrected chi connectivity index (χ2v) is 12.3. The van der Waals surface area contributed by atoms with Gasteiger partial charge in [0.25, 0.3) is 0 Å². The molecule has 2 bridgehead atoms. The Hall–Kier alpha value is -5.00. The van der Waals surface area contributed by atoms with Gasteiger partial charge in [-0.1, -0.05) is 141 Å². The van der Waals surface area contributed by atoms with Gasteiger partial charge < -0.3 is 14.2 Å². The van der Waals surface area contributed by atoms with Crippen molar-refractivity contribution in [2.75, 3.05) is 14.2 Å². The third kappa shape index (κ3) is 4.88. The van der Waals surface area contributed by atoms with Gasteiger partial charge in [0.05, 0.1) is 31.5 Å². The van der Waals surface area contributed by atoms with Crippen LogP contribution in [0.25, 0.3) is 22.3 Å². The average molecular weight is 623 g/mol. The van der Waals surface area contributed by atoms with Crippen molar-refractivity contribution in [2.45, 2.75) is 37.9 Å². The van der Waals surface area contributed by atoms with Crippen LogP contribution in [0.15, 0.2) is 132 Å². The molecular weight excluding hydrogens is 584 g/mol. The Balaban J connectivity index is 1.69. The standard InChI is InChI=1S/C42H38O5/c1-4-5-26-42-37-34(30-24-16-9-17-25-30)32(28-20-12-7-13-21-28)31(27-18-10-6-11-19-27)33(29-22-14-8-15-23-29)35(37)39(47-42)36(40(43)45-2)38(42)41(44)46-3/h6-25,35,37,39H,4-5,26H2,1-3H3. The number of esters is 2. The molecule has 2 aliphatic heterocycles. The summed E-state index contributed by atoms with van der Waals surface area (Å²) in [7, 11) is 2.73. The van der Waals surface area contributed by atoms with Crippen molar-refractivity contribution < 1.29 is 23.8 Å². The molecule has 5 nitrogen and oxygen atoms in total. The number of carbonyl (C=O) groups excluding carboxylic acids is 2. The van der Waals surface area contributed by atoms with E-state index in [9.17, 15) is 9.59 Å². The number of benzene rings is 4. The number of unbranched alkanes of at least 4 members (excludes halogenated alkanes) is 1. The van der Waals surface area contributed by atoms with Crippen LogP contribution in [0.2, 0.25) is 0 Å². The molecule has 4 unspecified atom stereocenters. The third-order valence-corrected chi connectivity index (χ3v) is 9.93. The third-order valence-electron chi connectivity index (χ3n) is 9.93. The van der Waals surface area contributed by atoms with Crippen molar-refractivity contribution in [3.8, 4) is 0 Å². The number of hydrogen-bond acceptors (Lipinski definition) is 5. The number of ether oxygens (including phenoxy) is 3. The van der Waals surface area contributed by atoms with E-state index in [-0.39, 0.29) is 17.4 Å². The highest BCUT2D eigenvalue weighted by Gasteiger charge is 2.69. The van der Waals surface area contributed by atoms with Gasteiger partial charge in [0.2, 0.25) is 0 Å². The van der Waals surface area contributed by atoms with Crippen LogP contribution in [0.5, 0.6) is 0 Å². The molecular formula is C42H38O5. The second kappa shape index (κ2) is 12.7. The van der Waals surface area contributed by atoms with Gasteiger partial charge in [-0.05, 0) is 51.0 Å². The van der Waals surface area contributed by atoms with E-state index in [1.165, 1.54) is 14.2 Å². The van der Waals surface area contributed by atoms with Crippen molar-refractivity contribution in [1.29, 1.82) is 0 Å². The van der Waals surface area contributed by atoms with Gasteiger partial charge >= 0.3 is 11.9 Å². The van der Waals surface area contributed by atoms with Crippen LogP contribution in [-0.4, -0.2) is 37.9 Å². The Morgan fingerprint density at radius 1 is 0.638 bits per heavy atom. The molecule has 0 N–H and O–H groups in total. The van der Waals surface area contributed by atoms with Gasteiger partial charge in [-0.15, -0.1) is 0 Å². The molecule has 7 rings (SSSR count). The van der Waals surface area contributed by atoms with Crippen molar-refractivity contribution >= 4 is 34.2 Å². The van der Waals surface area contributed by atoms with E-state index in [1.807, 2.05) is 24.3 Å². The number of methoxy groups -OCH3 is 2. The SMILES string of the molecule is CCCCC12OC(C(C(=O)OC)=C1C(=O)OC)C1C(c3ccccc3)=C(c3ccccc3)C(c3ccccc3)=C(c3ccccc3)C12. The fourth-order valence-corrected chi connectivity index (χ4v) is 8.18. The van der Waals surface area contributed by atoms with Crippen molar-refractivity contribution in [3.05, 3.63) is 155 Å². The first-order valence-corrected chi connectivity index (χ1v) is 16.3. The van der Waals surface area contributed by atoms with Crippen LogP contribution >= 0.6 is 0 Å². The lowest BCUT2D eigenvalue weighted by molar-refractivity contribution is -0.140. The highest BCUT2D eigenvalue weighted by atomic mass is 16.6. The highest BCUT2D eigenvalue weighted by molar-refractivity contribution is 6.25. The Bertz CT molecular complexity index is 1890. The van der Waals surface area contributed by atoms with Crippen LogP contribution < -0.4 is 0 Å². The fourth-order valence-electron chi connectivity index (χ4n) is 8.18. The average Bonchev–Trinajstić information content (AvgIpc) is 3.66. The highest BCUT2D eigenvalue weighted by Crippen LogP contribution is 2.68. The molecule has 0 saturated carbocycles. The van der Waals surface area contributed by atoms with E-state index in [2.05, 4.69) is 104 Å². The molecule has 0 aromatic heterocycles. The Labute approximate surface area is 276 Å². The molecule has 236 valence electrons. The molecule has 5 heteroatoms. The molecule has 1 saturated heterocycles. The van der Waals surface area contributed by atoms with Gasteiger partial charge in [-0.2, -0.15) is 0 Å². The van der Waals surface area contributed by atoms with Gasteiger partial charge in [0.15, 0.2) is 0 Å². The van der Waals surface area contributed by atoms with Crippen LogP contribution in [0, 0.1) is 11.8 Å². The predicted molar refractivity (Wildman–Crippen MR) is 185 cm³/mol. The fraction of sp³-hybridized carbons (Fsp3) is 0.238. The van der Waals surface area contributed by atoms with E-state index >= 15 is 0 Å². The van der Waals surface area contributed by atoms with Crippen LogP contribution in [0.3, 0.4) is 0 Å². The molecule has 1 fully saturated rings. The summed E-state index contributed by atoms with van der Waals surface area (Å²) in [5.41, 5.74) is 8.07. The predicted octanol–water partition coefficient (Wildman–Crippen LogP) is 8.44. The zero-order valence-corrected chi connectivity index (χ0v) is 26.9. The molecule has 4 aromatic rings. The Morgan fingerprint density at radius 2 is 1.09 bits per heavy atom. The number of rotatable bonds is 9. The molecule has 3 aliphatic rings. The lowest BCUT2D eigenvalue weighted by atomic mass is 9.55. The first-order valence-electron chi connectivity index (χ1n) is 16.3. The Morgan fingerprint density at radius 3 is 1.55 bits per heavy atom. The molecule has 0 spiro atoms. The zero-order chi connectivity index (χ0) is 32.5. The van der Waals surface area contributed by atoms with Gasteiger partial charge in [0, 0.05) is 11.8 Å². The molecule has 0 amide bonds. The summed E-state index contributed by atoms with van der Waals surface area (Å²) < 4.78 is 18.0. The van der Waals surface area contributed by atoms with Crippen LogP contribution in [0.4, 0.5) is 0 Å². The largest absolute Gasteiger partial charge is 0.466 e. The molecule has 0 radical (unpaired) electrons. The maximum atomic E-state index is 13.9. The van der Waals surface area contributed by atoms with E-state index in [0.29, 0.717) is 12.0 Å². The molecule has 2 heterocycles. The van der Waals surface area contributed by atoms with Gasteiger partial charge in [0.1, 0.15) is 5.60 Å². The molecule has 4 atom stereocenters. The van der Waals surface area contributed by atoms with Gasteiger partial charge in [-0.25, -0.2) is 9.59 Å². The zero-order valence-electron chi connectivity index (χ0n) is 26.9. The summed E-state index contributed by atoms with van der Waals surface area (Å²) in [5.74, 6) is -1.70. The van der Waals surface area contributed by atoms with E-state index < -0.39 is 23.6 Å². The van der Waals surface area contributed by atoms with Crippen molar-refractivity contribution in [1.82, 2.24) is 0 Å². The summed E-state index contributed by atoms with van der Waals surface area (Å²) in [6, 6.07) is 41.8. The molecule has 4 aromatic carbocycles. The van der Waals surface area contributed by atoms with Crippen LogP contribution in [-0.2, 0) is 23.8 Å². The van der Waals surface area contributed by atoms with Crippen molar-refractivity contribution in [3.63, 3.8) is 0 Å². The lowest BCUT2D eigenvalue weighted by Crippen LogP contribution is -2.46. The van der Waals surface area contributed by atoms with E-state index in [1.54, 1.807) is 0 Å². The summed E-state index contributed by atoms with van der Waals surface area (Å²) in [5, 5.41) is 0. The second-order valence-electron chi connectivity index (χ2n) is 12.3. The minimum absolute atomic E-state index is 0.271. The number of allylic oxidation sites excluding steroid dienone is 2. The maximum absolute atomic E-state index is 13.9. The van der Waals surface area contributed by atoms with E-state index in [4.69, 9.17) is 14.2 Å². The summed E-state index contributed by atoms with van der Waals surface area (Å²) in [4.78, 5) is 27.7. The maximum Gasteiger partial charge on any atom is 0.337 e. The van der Waals surface area contributed by atoms with Crippen molar-refractivity contribution in [2.24, 2.45) is 11.8 Å². The molecule has 1 aliphatic carbocycles. The minimum atomic E-state index is -1.12.